The molecule has 0 heterocycles. The number of esters is 3. The lowest BCUT2D eigenvalue weighted by molar-refractivity contribution is -0.167. The number of rotatable bonds is 47. The fourth-order valence-corrected chi connectivity index (χ4v) is 6.80. The first-order chi connectivity index (χ1) is 34.0. The summed E-state index contributed by atoms with van der Waals surface area (Å²) in [5, 5.41) is 0. The Morgan fingerprint density at radius 3 is 0.884 bits per heavy atom. The van der Waals surface area contributed by atoms with E-state index >= 15 is 0 Å². The van der Waals surface area contributed by atoms with Crippen molar-refractivity contribution >= 4 is 17.9 Å². The van der Waals surface area contributed by atoms with E-state index in [1.165, 1.54) is 25.7 Å². The minimum atomic E-state index is -0.813. The van der Waals surface area contributed by atoms with Gasteiger partial charge < -0.3 is 14.2 Å². The van der Waals surface area contributed by atoms with E-state index in [2.05, 4.69) is 167 Å². The third-order valence-corrected chi connectivity index (χ3v) is 10.8. The summed E-state index contributed by atoms with van der Waals surface area (Å²) in [7, 11) is 0. The Hall–Kier alpha value is -4.71. The van der Waals surface area contributed by atoms with Crippen LogP contribution in [0.25, 0.3) is 0 Å². The molecule has 0 aliphatic rings. The van der Waals surface area contributed by atoms with Gasteiger partial charge in [0, 0.05) is 19.3 Å². The van der Waals surface area contributed by atoms with Crippen molar-refractivity contribution in [3.05, 3.63) is 146 Å². The third kappa shape index (κ3) is 54.1. The summed E-state index contributed by atoms with van der Waals surface area (Å²) in [6, 6.07) is 0. The van der Waals surface area contributed by atoms with Crippen molar-refractivity contribution in [1.29, 1.82) is 0 Å². The highest BCUT2D eigenvalue weighted by Gasteiger charge is 2.19. The minimum absolute atomic E-state index is 0.108. The summed E-state index contributed by atoms with van der Waals surface area (Å²) in [6.07, 6.45) is 80.0. The Balaban J connectivity index is 4.39. The zero-order chi connectivity index (χ0) is 50.0. The number of unbranched alkanes of at least 4 members (excludes halogenated alkanes) is 12. The maximum absolute atomic E-state index is 12.8. The molecule has 6 nitrogen and oxygen atoms in total. The molecule has 386 valence electrons. The summed E-state index contributed by atoms with van der Waals surface area (Å²) >= 11 is 0. The lowest BCUT2D eigenvalue weighted by atomic mass is 10.1. The van der Waals surface area contributed by atoms with E-state index in [1.807, 2.05) is 0 Å². The molecule has 1 unspecified atom stereocenters. The maximum atomic E-state index is 12.8. The van der Waals surface area contributed by atoms with Crippen molar-refractivity contribution in [3.8, 4) is 0 Å². The van der Waals surface area contributed by atoms with Crippen LogP contribution < -0.4 is 0 Å². The van der Waals surface area contributed by atoms with Gasteiger partial charge in [0.15, 0.2) is 6.10 Å². The molecule has 0 fully saturated rings. The first kappa shape index (κ1) is 64.3. The Labute approximate surface area is 423 Å². The molecule has 6 heteroatoms. The highest BCUT2D eigenvalue weighted by atomic mass is 16.6. The van der Waals surface area contributed by atoms with E-state index in [-0.39, 0.29) is 37.5 Å². The molecule has 69 heavy (non-hydrogen) atoms. The number of ether oxygens (including phenoxy) is 3. The molecule has 0 aromatic heterocycles. The third-order valence-electron chi connectivity index (χ3n) is 10.8. The second-order valence-corrected chi connectivity index (χ2v) is 17.4. The second-order valence-electron chi connectivity index (χ2n) is 17.4. The van der Waals surface area contributed by atoms with Gasteiger partial charge in [0.05, 0.1) is 0 Å². The van der Waals surface area contributed by atoms with Gasteiger partial charge in [-0.2, -0.15) is 0 Å². The molecule has 0 aliphatic carbocycles. The normalized spacial score (nSPS) is 13.3. The maximum Gasteiger partial charge on any atom is 0.306 e. The summed E-state index contributed by atoms with van der Waals surface area (Å²) in [5.74, 6) is -0.992. The molecule has 0 N–H and O–H groups in total. The van der Waals surface area contributed by atoms with Gasteiger partial charge >= 0.3 is 17.9 Å². The summed E-state index contributed by atoms with van der Waals surface area (Å²) < 4.78 is 16.7. The molecule has 0 spiro atoms. The Morgan fingerprint density at radius 2 is 0.565 bits per heavy atom. The fourth-order valence-electron chi connectivity index (χ4n) is 6.80. The number of hydrogen-bond acceptors (Lipinski definition) is 6. The molecular formula is C63H98O6. The van der Waals surface area contributed by atoms with Crippen LogP contribution in [-0.2, 0) is 28.6 Å². The van der Waals surface area contributed by atoms with E-state index in [0.717, 1.165) is 141 Å². The van der Waals surface area contributed by atoms with Crippen LogP contribution in [0.5, 0.6) is 0 Å². The molecule has 0 aromatic rings. The Bertz CT molecular complexity index is 1560. The van der Waals surface area contributed by atoms with Gasteiger partial charge in [0.2, 0.25) is 0 Å². The molecule has 0 saturated heterocycles. The Kier molecular flexibility index (Phi) is 52.1. The van der Waals surface area contributed by atoms with Crippen molar-refractivity contribution in [2.45, 2.75) is 219 Å². The SMILES string of the molecule is CC/C=C\C/C=C\C/C=C\C/C=C\C/C=C\C/C=C\C/C=C\CCCCCC(=O)OCC(COC(=O)CCCCCCCCC)OC(=O)CCCCC/C=C\C/C=C\C/C=C\C/C=C\C/C=C\CC. The molecule has 0 amide bonds. The topological polar surface area (TPSA) is 78.9 Å². The summed E-state index contributed by atoms with van der Waals surface area (Å²) in [4.78, 5) is 37.9. The largest absolute Gasteiger partial charge is 0.462 e. The van der Waals surface area contributed by atoms with Gasteiger partial charge in [-0.05, 0) is 122 Å². The van der Waals surface area contributed by atoms with Crippen molar-refractivity contribution in [1.82, 2.24) is 0 Å². The molecule has 0 radical (unpaired) electrons. The minimum Gasteiger partial charge on any atom is -0.462 e. The van der Waals surface area contributed by atoms with Crippen LogP contribution in [0.15, 0.2) is 146 Å². The van der Waals surface area contributed by atoms with Crippen LogP contribution in [0, 0.1) is 0 Å². The van der Waals surface area contributed by atoms with Gasteiger partial charge in [-0.15, -0.1) is 0 Å². The smallest absolute Gasteiger partial charge is 0.306 e. The monoisotopic (exact) mass is 951 g/mol. The van der Waals surface area contributed by atoms with Gasteiger partial charge in [-0.3, -0.25) is 14.4 Å². The van der Waals surface area contributed by atoms with Crippen LogP contribution >= 0.6 is 0 Å². The predicted molar refractivity (Wildman–Crippen MR) is 297 cm³/mol. The van der Waals surface area contributed by atoms with Crippen LogP contribution in [-0.4, -0.2) is 37.2 Å². The van der Waals surface area contributed by atoms with Crippen LogP contribution in [0.2, 0.25) is 0 Å². The highest BCUT2D eigenvalue weighted by Crippen LogP contribution is 2.12. The quantitative estimate of drug-likeness (QED) is 0.0262. The predicted octanol–water partition coefficient (Wildman–Crippen LogP) is 18.4. The molecule has 0 aromatic carbocycles. The first-order valence-corrected chi connectivity index (χ1v) is 27.3. The molecular weight excluding hydrogens is 853 g/mol. The average Bonchev–Trinajstić information content (AvgIpc) is 3.35. The van der Waals surface area contributed by atoms with E-state index in [1.54, 1.807) is 0 Å². The van der Waals surface area contributed by atoms with Gasteiger partial charge in [-0.25, -0.2) is 0 Å². The zero-order valence-corrected chi connectivity index (χ0v) is 44.0. The molecule has 0 bridgehead atoms. The number of hydrogen-bond donors (Lipinski definition) is 0. The fraction of sp³-hybridized carbons (Fsp3) is 0.571. The molecule has 1 atom stereocenters. The first-order valence-electron chi connectivity index (χ1n) is 27.3. The number of carbonyl (C=O) groups is 3. The zero-order valence-electron chi connectivity index (χ0n) is 44.0. The second kappa shape index (κ2) is 55.9. The van der Waals surface area contributed by atoms with Gasteiger partial charge in [0.25, 0.3) is 0 Å². The Morgan fingerprint density at radius 1 is 0.304 bits per heavy atom. The highest BCUT2D eigenvalue weighted by molar-refractivity contribution is 5.71. The lowest BCUT2D eigenvalue weighted by Gasteiger charge is -2.18. The average molecular weight is 951 g/mol. The van der Waals surface area contributed by atoms with Crippen LogP contribution in [0.1, 0.15) is 213 Å². The van der Waals surface area contributed by atoms with E-state index < -0.39 is 6.10 Å². The molecule has 0 saturated carbocycles. The van der Waals surface area contributed by atoms with Crippen molar-refractivity contribution in [2.24, 2.45) is 0 Å². The van der Waals surface area contributed by atoms with Crippen molar-refractivity contribution in [3.63, 3.8) is 0 Å². The molecule has 0 rings (SSSR count). The van der Waals surface area contributed by atoms with Crippen molar-refractivity contribution < 1.29 is 28.6 Å². The van der Waals surface area contributed by atoms with Gasteiger partial charge in [-0.1, -0.05) is 218 Å². The molecule has 0 aliphatic heterocycles. The number of allylic oxidation sites excluding steroid dienone is 24. The standard InChI is InChI=1S/C63H98O6/c1-4-7-10-13-16-18-20-22-24-26-28-29-30-31-32-33-35-36-38-40-42-44-47-50-53-56-62(65)68-59-60(58-67-61(64)55-52-49-46-15-12-9-6-3)69-63(66)57-54-51-48-45-43-41-39-37-34-27-25-23-21-19-17-14-11-8-5-2/h7-8,10-11,16-19,22-25,28-29,31-32,34-37,40-43,60H,4-6,9,12-15,20-21,26-27,30,33,38-39,44-59H2,1-3H3/b10-7-,11-8-,18-16-,19-17-,24-22-,25-23-,29-28-,32-31-,36-35-,37-34-,42-40-,43-41-. The van der Waals surface area contributed by atoms with E-state index in [4.69, 9.17) is 14.2 Å². The van der Waals surface area contributed by atoms with Gasteiger partial charge in [0.1, 0.15) is 13.2 Å². The lowest BCUT2D eigenvalue weighted by Crippen LogP contribution is -2.30. The summed E-state index contributed by atoms with van der Waals surface area (Å²) in [5.41, 5.74) is 0. The van der Waals surface area contributed by atoms with E-state index in [0.29, 0.717) is 19.3 Å². The number of carbonyl (C=O) groups excluding carboxylic acids is 3. The van der Waals surface area contributed by atoms with E-state index in [9.17, 15) is 14.4 Å². The van der Waals surface area contributed by atoms with Crippen LogP contribution in [0.4, 0.5) is 0 Å². The summed E-state index contributed by atoms with van der Waals surface area (Å²) in [6.45, 7) is 6.29. The van der Waals surface area contributed by atoms with Crippen molar-refractivity contribution in [2.75, 3.05) is 13.2 Å². The van der Waals surface area contributed by atoms with Crippen LogP contribution in [0.3, 0.4) is 0 Å².